The summed E-state index contributed by atoms with van der Waals surface area (Å²) in [6, 6.07) is 11.8. The zero-order valence-electron chi connectivity index (χ0n) is 19.0. The van der Waals surface area contributed by atoms with Gasteiger partial charge < -0.3 is 14.9 Å². The van der Waals surface area contributed by atoms with Crippen molar-refractivity contribution in [2.24, 2.45) is 21.4 Å². The van der Waals surface area contributed by atoms with Gasteiger partial charge >= 0.3 is 5.97 Å². The Morgan fingerprint density at radius 2 is 1.73 bits per heavy atom. The van der Waals surface area contributed by atoms with E-state index >= 15 is 0 Å². The number of oxime groups is 1. The molecule has 33 heavy (non-hydrogen) atoms. The Kier molecular flexibility index (Phi) is 5.95. The van der Waals surface area contributed by atoms with Gasteiger partial charge in [-0.1, -0.05) is 55.2 Å². The van der Waals surface area contributed by atoms with E-state index < -0.39 is 16.8 Å². The summed E-state index contributed by atoms with van der Waals surface area (Å²) < 4.78 is 5.12. The lowest BCUT2D eigenvalue weighted by Gasteiger charge is -2.39. The molecule has 2 unspecified atom stereocenters. The summed E-state index contributed by atoms with van der Waals surface area (Å²) in [5, 5.41) is 7.93. The van der Waals surface area contributed by atoms with Gasteiger partial charge in [-0.25, -0.2) is 4.79 Å². The lowest BCUT2D eigenvalue weighted by Crippen LogP contribution is -2.43. The van der Waals surface area contributed by atoms with Crippen LogP contribution in [-0.2, 0) is 9.63 Å². The first-order valence-corrected chi connectivity index (χ1v) is 11.5. The van der Waals surface area contributed by atoms with Crippen molar-refractivity contribution in [3.05, 3.63) is 58.1 Å². The molecular weight excluding hydrogens is 463 g/mol. The van der Waals surface area contributed by atoms with Crippen LogP contribution in [0.5, 0.6) is 5.75 Å². The van der Waals surface area contributed by atoms with E-state index in [1.807, 2.05) is 0 Å². The van der Waals surface area contributed by atoms with E-state index in [2.05, 4.69) is 31.2 Å². The number of hydrogen-bond donors (Lipinski definition) is 1. The van der Waals surface area contributed by atoms with Gasteiger partial charge in [0.05, 0.1) is 39.5 Å². The van der Waals surface area contributed by atoms with Crippen LogP contribution in [0.15, 0.2) is 47.6 Å². The molecule has 0 aliphatic heterocycles. The average Bonchev–Trinajstić information content (AvgIpc) is 3.11. The maximum atomic E-state index is 13.6. The summed E-state index contributed by atoms with van der Waals surface area (Å²) in [5.74, 6) is -0.0430. The minimum atomic E-state index is -0.710. The van der Waals surface area contributed by atoms with Crippen LogP contribution in [0.2, 0.25) is 10.0 Å². The average molecular weight is 489 g/mol. The maximum Gasteiger partial charge on any atom is 0.365 e. The highest BCUT2D eigenvalue weighted by Gasteiger charge is 2.71. The number of rotatable bonds is 5. The van der Waals surface area contributed by atoms with Crippen molar-refractivity contribution in [1.29, 1.82) is 0 Å². The zero-order valence-corrected chi connectivity index (χ0v) is 20.5. The number of ether oxygens (including phenoxy) is 1. The van der Waals surface area contributed by atoms with Gasteiger partial charge in [0.2, 0.25) is 5.91 Å². The van der Waals surface area contributed by atoms with Crippen molar-refractivity contribution >= 4 is 46.5 Å². The van der Waals surface area contributed by atoms with E-state index in [1.54, 1.807) is 49.6 Å². The number of anilines is 1. The molecule has 2 saturated carbocycles. The molecular formula is C25H26Cl2N2O4. The van der Waals surface area contributed by atoms with Gasteiger partial charge in [0, 0.05) is 11.8 Å². The van der Waals surface area contributed by atoms with E-state index in [1.165, 1.54) is 0 Å². The molecule has 2 aliphatic carbocycles. The summed E-state index contributed by atoms with van der Waals surface area (Å²) >= 11 is 12.4. The fourth-order valence-electron chi connectivity index (χ4n) is 5.24. The number of nitrogens with zero attached hydrogens (tertiary/aromatic N) is 1. The normalized spacial score (nSPS) is 26.3. The molecule has 4 rings (SSSR count). The first-order valence-electron chi connectivity index (χ1n) is 10.7. The predicted octanol–water partition coefficient (Wildman–Crippen LogP) is 6.37. The number of nitrogens with one attached hydrogen (secondary N) is 1. The molecule has 2 fully saturated rings. The van der Waals surface area contributed by atoms with Gasteiger partial charge in [-0.3, -0.25) is 4.79 Å². The minimum absolute atomic E-state index is 0.132. The number of hydrogen-bond acceptors (Lipinski definition) is 5. The summed E-state index contributed by atoms with van der Waals surface area (Å²) in [5.41, 5.74) is 0.0509. The molecule has 174 valence electrons. The minimum Gasteiger partial charge on any atom is -0.497 e. The number of methoxy groups -OCH3 is 1. The van der Waals surface area contributed by atoms with Crippen molar-refractivity contribution in [2.45, 2.75) is 40.0 Å². The molecule has 2 aromatic carbocycles. The van der Waals surface area contributed by atoms with Crippen LogP contribution < -0.4 is 10.1 Å². The first kappa shape index (κ1) is 23.6. The lowest BCUT2D eigenvalue weighted by molar-refractivity contribution is -0.130. The lowest BCUT2D eigenvalue weighted by atomic mass is 9.64. The fourth-order valence-corrected chi connectivity index (χ4v) is 5.59. The van der Waals surface area contributed by atoms with Crippen molar-refractivity contribution in [1.82, 2.24) is 0 Å². The SMILES string of the molecule is COc1ccc(C(=O)ON=C2CC3(C(=O)Nc4cccc(Cl)c4Cl)CCC2(C)C3(C)C)cc1. The number of carbonyl (C=O) groups excluding carboxylic acids is 2. The number of benzene rings is 2. The molecule has 6 nitrogen and oxygen atoms in total. The molecule has 0 saturated heterocycles. The number of carbonyl (C=O) groups is 2. The quantitative estimate of drug-likeness (QED) is 0.391. The van der Waals surface area contributed by atoms with E-state index in [0.717, 1.165) is 6.42 Å². The second kappa shape index (κ2) is 8.33. The van der Waals surface area contributed by atoms with Gasteiger partial charge in [0.25, 0.3) is 0 Å². The van der Waals surface area contributed by atoms with Crippen molar-refractivity contribution in [2.75, 3.05) is 12.4 Å². The highest BCUT2D eigenvalue weighted by Crippen LogP contribution is 2.71. The number of halogens is 2. The largest absolute Gasteiger partial charge is 0.497 e. The summed E-state index contributed by atoms with van der Waals surface area (Å²) in [6.45, 7) is 6.24. The van der Waals surface area contributed by atoms with Crippen LogP contribution in [0.3, 0.4) is 0 Å². The molecule has 0 radical (unpaired) electrons. The van der Waals surface area contributed by atoms with Crippen molar-refractivity contribution in [3.8, 4) is 5.75 Å². The topological polar surface area (TPSA) is 77.0 Å². The standard InChI is InChI=1S/C25H26Cl2N2O4/c1-23(2)24(3)12-13-25(23,22(31)28-18-7-5-6-17(26)20(18)27)14-19(24)29-33-21(30)15-8-10-16(32-4)11-9-15/h5-11H,12-14H2,1-4H3,(H,28,31). The third-order valence-corrected chi connectivity index (χ3v) is 8.75. The summed E-state index contributed by atoms with van der Waals surface area (Å²) in [4.78, 5) is 31.4. The molecule has 0 aromatic heterocycles. The molecule has 2 atom stereocenters. The Labute approximate surface area is 203 Å². The van der Waals surface area contributed by atoms with Crippen LogP contribution in [0, 0.1) is 16.2 Å². The second-order valence-electron chi connectivity index (χ2n) is 9.42. The van der Waals surface area contributed by atoms with Crippen LogP contribution in [0.4, 0.5) is 5.69 Å². The van der Waals surface area contributed by atoms with Crippen molar-refractivity contribution < 1.29 is 19.2 Å². The Balaban J connectivity index is 1.58. The second-order valence-corrected chi connectivity index (χ2v) is 10.2. The molecule has 2 bridgehead atoms. The molecule has 2 aliphatic rings. The third-order valence-electron chi connectivity index (χ3n) is 7.93. The molecule has 2 aromatic rings. The first-order chi connectivity index (χ1) is 15.6. The Morgan fingerprint density at radius 3 is 2.39 bits per heavy atom. The van der Waals surface area contributed by atoms with E-state index in [4.69, 9.17) is 32.8 Å². The van der Waals surface area contributed by atoms with Gasteiger partial charge in [-0.15, -0.1) is 0 Å². The Bertz CT molecular complexity index is 1150. The number of amides is 1. The maximum absolute atomic E-state index is 13.6. The monoisotopic (exact) mass is 488 g/mol. The zero-order chi connectivity index (χ0) is 24.0. The summed E-state index contributed by atoms with van der Waals surface area (Å²) in [7, 11) is 1.56. The predicted molar refractivity (Wildman–Crippen MR) is 129 cm³/mol. The van der Waals surface area contributed by atoms with Crippen LogP contribution in [-0.4, -0.2) is 24.7 Å². The van der Waals surface area contributed by atoms with Crippen LogP contribution >= 0.6 is 23.2 Å². The molecule has 0 heterocycles. The fraction of sp³-hybridized carbons (Fsp3) is 0.400. The van der Waals surface area contributed by atoms with Crippen LogP contribution in [0.1, 0.15) is 50.4 Å². The van der Waals surface area contributed by atoms with Gasteiger partial charge in [-0.2, -0.15) is 0 Å². The third kappa shape index (κ3) is 3.60. The van der Waals surface area contributed by atoms with Gasteiger partial charge in [0.1, 0.15) is 5.75 Å². The van der Waals surface area contributed by atoms with E-state index in [0.29, 0.717) is 45.6 Å². The molecule has 8 heteroatoms. The number of fused-ring (bicyclic) bond motifs is 2. The molecule has 0 spiro atoms. The highest BCUT2D eigenvalue weighted by atomic mass is 35.5. The highest BCUT2D eigenvalue weighted by molar-refractivity contribution is 6.44. The Morgan fingerprint density at radius 1 is 1.03 bits per heavy atom. The van der Waals surface area contributed by atoms with Gasteiger partial charge in [-0.05, 0) is 54.7 Å². The summed E-state index contributed by atoms with van der Waals surface area (Å²) in [6.07, 6.45) is 1.86. The van der Waals surface area contributed by atoms with Crippen LogP contribution in [0.25, 0.3) is 0 Å². The smallest absolute Gasteiger partial charge is 0.365 e. The van der Waals surface area contributed by atoms with E-state index in [9.17, 15) is 9.59 Å². The van der Waals surface area contributed by atoms with Gasteiger partial charge in [0.15, 0.2) is 0 Å². The molecule has 1 N–H and O–H groups in total. The molecule has 1 amide bonds. The Hall–Kier alpha value is -2.57. The van der Waals surface area contributed by atoms with Crippen molar-refractivity contribution in [3.63, 3.8) is 0 Å². The van der Waals surface area contributed by atoms with E-state index in [-0.39, 0.29) is 11.3 Å².